The minimum absolute atomic E-state index is 0.789. The topological polar surface area (TPSA) is 55.6 Å². The summed E-state index contributed by atoms with van der Waals surface area (Å²) in [5.41, 5.74) is 3.67. The van der Waals surface area contributed by atoms with Gasteiger partial charge in [-0.2, -0.15) is 5.10 Å². The highest BCUT2D eigenvalue weighted by Crippen LogP contribution is 2.19. The molecule has 2 aromatic heterocycles. The summed E-state index contributed by atoms with van der Waals surface area (Å²) in [4.78, 5) is 8.47. The molecule has 0 radical (unpaired) electrons. The highest BCUT2D eigenvalue weighted by molar-refractivity contribution is 5.32. The monoisotopic (exact) mass is 259 g/mol. The number of nitrogens with one attached hydrogen (secondary N) is 1. The number of aryl methyl sites for hydroxylation is 1. The van der Waals surface area contributed by atoms with E-state index in [0.717, 1.165) is 37.4 Å². The van der Waals surface area contributed by atoms with Gasteiger partial charge in [-0.25, -0.2) is 9.67 Å². The fourth-order valence-corrected chi connectivity index (χ4v) is 2.23. The Balaban J connectivity index is 2.47. The van der Waals surface area contributed by atoms with Crippen molar-refractivity contribution < 1.29 is 0 Å². The molecule has 0 saturated carbocycles. The number of rotatable bonds is 6. The van der Waals surface area contributed by atoms with E-state index in [4.69, 9.17) is 5.10 Å². The molecule has 2 aromatic rings. The van der Waals surface area contributed by atoms with E-state index in [1.54, 1.807) is 18.6 Å². The van der Waals surface area contributed by atoms with Crippen molar-refractivity contribution in [2.45, 2.75) is 40.2 Å². The molecule has 0 aliphatic heterocycles. The molecular weight excluding hydrogens is 238 g/mol. The minimum Gasteiger partial charge on any atom is -0.313 e. The molecule has 5 heteroatoms. The Kier molecular flexibility index (Phi) is 4.63. The number of nitrogens with zero attached hydrogens (tertiary/aromatic N) is 4. The van der Waals surface area contributed by atoms with E-state index in [9.17, 15) is 0 Å². The van der Waals surface area contributed by atoms with Crippen LogP contribution in [-0.2, 0) is 19.4 Å². The molecule has 0 bridgehead atoms. The molecule has 0 unspecified atom stereocenters. The van der Waals surface area contributed by atoms with Gasteiger partial charge in [0, 0.05) is 24.5 Å². The van der Waals surface area contributed by atoms with Crippen LogP contribution >= 0.6 is 0 Å². The predicted molar refractivity (Wildman–Crippen MR) is 75.3 cm³/mol. The van der Waals surface area contributed by atoms with Crippen molar-refractivity contribution in [3.63, 3.8) is 0 Å². The van der Waals surface area contributed by atoms with Crippen LogP contribution in [0.3, 0.4) is 0 Å². The summed E-state index contributed by atoms with van der Waals surface area (Å²) in [5, 5.41) is 8.09. The SMILES string of the molecule is CCNCc1c(CC)nn(-c2cnccn2)c1CC. The second-order valence-corrected chi connectivity index (χ2v) is 4.33. The lowest BCUT2D eigenvalue weighted by atomic mass is 10.1. The zero-order valence-corrected chi connectivity index (χ0v) is 11.8. The van der Waals surface area contributed by atoms with E-state index in [1.807, 2.05) is 4.68 Å². The standard InChI is InChI=1S/C14H21N5/c1-4-12-11(9-15-6-3)13(5-2)19(18-12)14-10-16-7-8-17-14/h7-8,10,15H,4-6,9H2,1-3H3. The van der Waals surface area contributed by atoms with E-state index < -0.39 is 0 Å². The normalized spacial score (nSPS) is 10.9. The number of aromatic nitrogens is 4. The van der Waals surface area contributed by atoms with Crippen molar-refractivity contribution in [2.75, 3.05) is 6.54 Å². The molecule has 0 aliphatic rings. The molecule has 19 heavy (non-hydrogen) atoms. The van der Waals surface area contributed by atoms with E-state index in [-0.39, 0.29) is 0 Å². The number of hydrogen-bond acceptors (Lipinski definition) is 4. The summed E-state index contributed by atoms with van der Waals surface area (Å²) in [6.45, 7) is 8.23. The van der Waals surface area contributed by atoms with Gasteiger partial charge < -0.3 is 5.32 Å². The van der Waals surface area contributed by atoms with Gasteiger partial charge >= 0.3 is 0 Å². The highest BCUT2D eigenvalue weighted by Gasteiger charge is 2.16. The molecule has 102 valence electrons. The van der Waals surface area contributed by atoms with Gasteiger partial charge in [-0.3, -0.25) is 4.98 Å². The van der Waals surface area contributed by atoms with Gasteiger partial charge in [0.2, 0.25) is 0 Å². The first-order valence-corrected chi connectivity index (χ1v) is 6.88. The Hall–Kier alpha value is -1.75. The van der Waals surface area contributed by atoms with Crippen LogP contribution in [0.5, 0.6) is 0 Å². The van der Waals surface area contributed by atoms with Crippen molar-refractivity contribution in [3.05, 3.63) is 35.5 Å². The third kappa shape index (κ3) is 2.81. The molecule has 0 fully saturated rings. The number of hydrogen-bond donors (Lipinski definition) is 1. The van der Waals surface area contributed by atoms with Gasteiger partial charge in [-0.15, -0.1) is 0 Å². The van der Waals surface area contributed by atoms with E-state index in [1.165, 1.54) is 11.3 Å². The van der Waals surface area contributed by atoms with Crippen LogP contribution in [-0.4, -0.2) is 26.3 Å². The van der Waals surface area contributed by atoms with E-state index in [0.29, 0.717) is 0 Å². The van der Waals surface area contributed by atoms with Crippen LogP contribution in [0, 0.1) is 0 Å². The quantitative estimate of drug-likeness (QED) is 0.861. The van der Waals surface area contributed by atoms with Crippen LogP contribution < -0.4 is 5.32 Å². The zero-order chi connectivity index (χ0) is 13.7. The Bertz CT molecular complexity index is 518. The molecule has 2 rings (SSSR count). The molecule has 0 atom stereocenters. The molecular formula is C14H21N5. The van der Waals surface area contributed by atoms with Crippen molar-refractivity contribution in [1.29, 1.82) is 0 Å². The lowest BCUT2D eigenvalue weighted by Crippen LogP contribution is -2.14. The molecule has 1 N–H and O–H groups in total. The second-order valence-electron chi connectivity index (χ2n) is 4.33. The summed E-state index contributed by atoms with van der Waals surface area (Å²) in [6.07, 6.45) is 7.00. The summed E-state index contributed by atoms with van der Waals surface area (Å²) >= 11 is 0. The van der Waals surface area contributed by atoms with Gasteiger partial charge in [-0.1, -0.05) is 20.8 Å². The lowest BCUT2D eigenvalue weighted by molar-refractivity contribution is 0.711. The molecule has 0 aliphatic carbocycles. The summed E-state index contributed by atoms with van der Waals surface area (Å²) in [5.74, 6) is 0.789. The van der Waals surface area contributed by atoms with Crippen molar-refractivity contribution >= 4 is 0 Å². The van der Waals surface area contributed by atoms with Gasteiger partial charge in [0.05, 0.1) is 17.6 Å². The Morgan fingerprint density at radius 3 is 2.58 bits per heavy atom. The lowest BCUT2D eigenvalue weighted by Gasteiger charge is -2.07. The van der Waals surface area contributed by atoms with Crippen LogP contribution in [0.4, 0.5) is 0 Å². The van der Waals surface area contributed by atoms with Crippen LogP contribution in [0.25, 0.3) is 5.82 Å². The molecule has 5 nitrogen and oxygen atoms in total. The smallest absolute Gasteiger partial charge is 0.172 e. The Labute approximate surface area is 114 Å². The second kappa shape index (κ2) is 6.43. The maximum absolute atomic E-state index is 4.70. The average molecular weight is 259 g/mol. The molecule has 0 spiro atoms. The minimum atomic E-state index is 0.789. The van der Waals surface area contributed by atoms with E-state index in [2.05, 4.69) is 36.1 Å². The Morgan fingerprint density at radius 1 is 1.16 bits per heavy atom. The predicted octanol–water partition coefficient (Wildman–Crippen LogP) is 1.90. The van der Waals surface area contributed by atoms with Gasteiger partial charge in [-0.05, 0) is 19.4 Å². The highest BCUT2D eigenvalue weighted by atomic mass is 15.3. The van der Waals surface area contributed by atoms with Crippen molar-refractivity contribution in [2.24, 2.45) is 0 Å². The third-order valence-electron chi connectivity index (χ3n) is 3.16. The first kappa shape index (κ1) is 13.7. The maximum atomic E-state index is 4.70. The first-order valence-electron chi connectivity index (χ1n) is 6.88. The average Bonchev–Trinajstić information content (AvgIpc) is 2.83. The van der Waals surface area contributed by atoms with Crippen LogP contribution in [0.2, 0.25) is 0 Å². The van der Waals surface area contributed by atoms with Crippen LogP contribution in [0.15, 0.2) is 18.6 Å². The van der Waals surface area contributed by atoms with Crippen molar-refractivity contribution in [3.8, 4) is 5.82 Å². The van der Waals surface area contributed by atoms with Gasteiger partial charge in [0.25, 0.3) is 0 Å². The Morgan fingerprint density at radius 2 is 2.00 bits per heavy atom. The summed E-state index contributed by atoms with van der Waals surface area (Å²) in [7, 11) is 0. The molecule has 0 saturated heterocycles. The van der Waals surface area contributed by atoms with Gasteiger partial charge in [0.15, 0.2) is 5.82 Å². The van der Waals surface area contributed by atoms with Gasteiger partial charge in [0.1, 0.15) is 0 Å². The molecule has 2 heterocycles. The summed E-state index contributed by atoms with van der Waals surface area (Å²) < 4.78 is 1.93. The molecule has 0 aromatic carbocycles. The van der Waals surface area contributed by atoms with Crippen LogP contribution in [0.1, 0.15) is 37.7 Å². The maximum Gasteiger partial charge on any atom is 0.172 e. The fourth-order valence-electron chi connectivity index (χ4n) is 2.23. The summed E-state index contributed by atoms with van der Waals surface area (Å²) in [6, 6.07) is 0. The first-order chi connectivity index (χ1) is 9.31. The van der Waals surface area contributed by atoms with Crippen molar-refractivity contribution in [1.82, 2.24) is 25.1 Å². The largest absolute Gasteiger partial charge is 0.313 e. The zero-order valence-electron chi connectivity index (χ0n) is 11.8. The molecule has 0 amide bonds. The van der Waals surface area contributed by atoms with E-state index >= 15 is 0 Å². The fraction of sp³-hybridized carbons (Fsp3) is 0.500. The third-order valence-corrected chi connectivity index (χ3v) is 3.16.